The molecule has 1 aromatic heterocycles. The fourth-order valence-electron chi connectivity index (χ4n) is 3.23. The maximum Gasteiger partial charge on any atom is 0.299 e. The van der Waals surface area contributed by atoms with Crippen LogP contribution in [0, 0.1) is 0 Å². The number of hydrogen-bond donors (Lipinski definition) is 3. The molecule has 0 saturated heterocycles. The normalized spacial score (nSPS) is 11.7. The number of ether oxygens (including phenoxy) is 1. The number of aromatic nitrogens is 1. The number of nitrogens with one attached hydrogen (secondary N) is 2. The Hall–Kier alpha value is -2.71. The third-order valence-corrected chi connectivity index (χ3v) is 5.52. The van der Waals surface area contributed by atoms with Crippen LogP contribution in [0.5, 0.6) is 5.75 Å². The summed E-state index contributed by atoms with van der Waals surface area (Å²) in [6.45, 7) is 4.79. The van der Waals surface area contributed by atoms with Gasteiger partial charge in [0.2, 0.25) is 0 Å². The second-order valence-electron chi connectivity index (χ2n) is 6.07. The van der Waals surface area contributed by atoms with Crippen molar-refractivity contribution in [3.05, 3.63) is 42.5 Å². The van der Waals surface area contributed by atoms with E-state index in [0.29, 0.717) is 24.5 Å². The maximum atomic E-state index is 12.0. The highest BCUT2D eigenvalue weighted by molar-refractivity contribution is 7.90. The molecule has 144 valence electrons. The Kier molecular flexibility index (Phi) is 5.29. The number of aryl methyl sites for hydroxylation is 1. The molecule has 0 spiro atoms. The predicted octanol–water partition coefficient (Wildman–Crippen LogP) is 3.19. The molecule has 2 aromatic carbocycles. The Labute approximate surface area is 159 Å². The lowest BCUT2D eigenvalue weighted by Crippen LogP contribution is -2.29. The first-order valence-corrected chi connectivity index (χ1v) is 10.2. The Morgan fingerprint density at radius 3 is 2.59 bits per heavy atom. The van der Waals surface area contributed by atoms with E-state index >= 15 is 0 Å². The predicted molar refractivity (Wildman–Crippen MR) is 110 cm³/mol. The molecule has 0 amide bonds. The van der Waals surface area contributed by atoms with Crippen molar-refractivity contribution in [1.82, 2.24) is 9.29 Å². The molecule has 0 radical (unpaired) electrons. The van der Waals surface area contributed by atoms with Gasteiger partial charge in [-0.2, -0.15) is 13.1 Å². The number of nitrogen functional groups attached to an aromatic ring is 1. The Balaban J connectivity index is 2.13. The van der Waals surface area contributed by atoms with Gasteiger partial charge in [0.05, 0.1) is 29.7 Å². The lowest BCUT2D eigenvalue weighted by Gasteiger charge is -2.12. The summed E-state index contributed by atoms with van der Waals surface area (Å²) in [5.41, 5.74) is 10.2. The van der Waals surface area contributed by atoms with E-state index in [1.807, 2.05) is 31.2 Å². The molecule has 3 rings (SSSR count). The first-order chi connectivity index (χ1) is 12.9. The number of fused-ring (bicyclic) bond motifs is 1. The first kappa shape index (κ1) is 19.1. The number of nitrogens with two attached hydrogens (primary N) is 1. The number of hydrogen-bond acceptors (Lipinski definition) is 4. The monoisotopic (exact) mass is 388 g/mol. The van der Waals surface area contributed by atoms with Crippen molar-refractivity contribution in [2.75, 3.05) is 24.1 Å². The highest BCUT2D eigenvalue weighted by atomic mass is 32.2. The minimum atomic E-state index is -3.60. The van der Waals surface area contributed by atoms with Crippen LogP contribution in [0.1, 0.15) is 13.8 Å². The summed E-state index contributed by atoms with van der Waals surface area (Å²) < 4.78 is 36.3. The van der Waals surface area contributed by atoms with Crippen molar-refractivity contribution in [3.63, 3.8) is 0 Å². The van der Waals surface area contributed by atoms with Gasteiger partial charge in [0, 0.05) is 30.1 Å². The van der Waals surface area contributed by atoms with Crippen molar-refractivity contribution >= 4 is 32.5 Å². The van der Waals surface area contributed by atoms with Crippen LogP contribution in [0.15, 0.2) is 42.5 Å². The minimum Gasteiger partial charge on any atom is -0.497 e. The summed E-state index contributed by atoms with van der Waals surface area (Å²) in [5, 5.41) is 0.936. The lowest BCUT2D eigenvalue weighted by molar-refractivity contribution is 0.415. The second-order valence-corrected chi connectivity index (χ2v) is 7.57. The quantitative estimate of drug-likeness (QED) is 0.579. The molecular formula is C19H24N4O3S. The van der Waals surface area contributed by atoms with Gasteiger partial charge in [-0.25, -0.2) is 0 Å². The number of rotatable bonds is 7. The fraction of sp³-hybridized carbons (Fsp3) is 0.263. The lowest BCUT2D eigenvalue weighted by atomic mass is 10.1. The van der Waals surface area contributed by atoms with Gasteiger partial charge < -0.3 is 15.0 Å². The molecule has 0 aliphatic carbocycles. The zero-order valence-corrected chi connectivity index (χ0v) is 16.4. The average molecular weight is 388 g/mol. The second kappa shape index (κ2) is 7.50. The summed E-state index contributed by atoms with van der Waals surface area (Å²) >= 11 is 0. The van der Waals surface area contributed by atoms with E-state index in [2.05, 4.69) is 14.0 Å². The number of benzene rings is 2. The number of methoxy groups -OCH3 is 1. The molecule has 0 aliphatic heterocycles. The van der Waals surface area contributed by atoms with Crippen LogP contribution < -0.4 is 19.9 Å². The summed E-state index contributed by atoms with van der Waals surface area (Å²) in [4.78, 5) is 0. The molecule has 0 fully saturated rings. The summed E-state index contributed by atoms with van der Waals surface area (Å²) in [7, 11) is -1.97. The third-order valence-electron chi connectivity index (χ3n) is 4.35. The Morgan fingerprint density at radius 1 is 1.15 bits per heavy atom. The smallest absolute Gasteiger partial charge is 0.299 e. The van der Waals surface area contributed by atoms with Gasteiger partial charge >= 0.3 is 0 Å². The first-order valence-electron chi connectivity index (χ1n) is 8.73. The largest absolute Gasteiger partial charge is 0.497 e. The molecule has 7 nitrogen and oxygen atoms in total. The van der Waals surface area contributed by atoms with Gasteiger partial charge in [0.25, 0.3) is 10.2 Å². The molecule has 8 heteroatoms. The molecule has 0 aliphatic rings. The number of anilines is 2. The minimum absolute atomic E-state index is 0.313. The highest BCUT2D eigenvalue weighted by Gasteiger charge is 2.17. The SMILES string of the molecule is CCNS(=O)(=O)Nc1cccc(-c2c(N)c3ccc(OC)cc3n2CC)c1. The summed E-state index contributed by atoms with van der Waals surface area (Å²) in [5.74, 6) is 0.758. The topological polar surface area (TPSA) is 98.4 Å². The molecular weight excluding hydrogens is 364 g/mol. The van der Waals surface area contributed by atoms with Gasteiger partial charge in [0.1, 0.15) is 5.75 Å². The van der Waals surface area contributed by atoms with Crippen molar-refractivity contribution < 1.29 is 13.2 Å². The zero-order valence-electron chi connectivity index (χ0n) is 15.6. The van der Waals surface area contributed by atoms with Crippen molar-refractivity contribution in [2.24, 2.45) is 0 Å². The van der Waals surface area contributed by atoms with E-state index in [1.165, 1.54) is 0 Å². The molecule has 0 atom stereocenters. The molecule has 0 unspecified atom stereocenters. The van der Waals surface area contributed by atoms with E-state index < -0.39 is 10.2 Å². The van der Waals surface area contributed by atoms with E-state index in [9.17, 15) is 8.42 Å². The Bertz CT molecular complexity index is 1070. The zero-order chi connectivity index (χ0) is 19.6. The van der Waals surface area contributed by atoms with Crippen LogP contribution in [0.4, 0.5) is 11.4 Å². The van der Waals surface area contributed by atoms with E-state index in [1.54, 1.807) is 32.2 Å². The van der Waals surface area contributed by atoms with E-state index in [0.717, 1.165) is 27.9 Å². The van der Waals surface area contributed by atoms with Crippen LogP contribution in [0.3, 0.4) is 0 Å². The van der Waals surface area contributed by atoms with Gasteiger partial charge in [-0.05, 0) is 31.2 Å². The third kappa shape index (κ3) is 3.72. The maximum absolute atomic E-state index is 12.0. The summed E-state index contributed by atoms with van der Waals surface area (Å²) in [6, 6.07) is 13.0. The van der Waals surface area contributed by atoms with Crippen LogP contribution in [-0.2, 0) is 16.8 Å². The Morgan fingerprint density at radius 2 is 1.93 bits per heavy atom. The molecule has 4 N–H and O–H groups in total. The molecule has 1 heterocycles. The molecule has 27 heavy (non-hydrogen) atoms. The standard InChI is InChI=1S/C19H24N4O3S/c1-4-21-27(24,25)22-14-8-6-7-13(11-14)19-18(20)16-10-9-15(26-3)12-17(16)23(19)5-2/h6-12,21-22H,4-5,20H2,1-3H3. The van der Waals surface area contributed by atoms with E-state index in [4.69, 9.17) is 10.5 Å². The van der Waals surface area contributed by atoms with E-state index in [-0.39, 0.29) is 0 Å². The van der Waals surface area contributed by atoms with Gasteiger partial charge in [-0.15, -0.1) is 0 Å². The van der Waals surface area contributed by atoms with Crippen LogP contribution >= 0.6 is 0 Å². The van der Waals surface area contributed by atoms with Crippen LogP contribution in [0.25, 0.3) is 22.2 Å². The van der Waals surface area contributed by atoms with Gasteiger partial charge in [-0.1, -0.05) is 19.1 Å². The molecule has 3 aromatic rings. The van der Waals surface area contributed by atoms with Gasteiger partial charge in [-0.3, -0.25) is 4.72 Å². The average Bonchev–Trinajstić information content (AvgIpc) is 2.92. The van der Waals surface area contributed by atoms with Crippen molar-refractivity contribution in [2.45, 2.75) is 20.4 Å². The fourth-order valence-corrected chi connectivity index (χ4v) is 4.12. The number of nitrogens with zero attached hydrogens (tertiary/aromatic N) is 1. The van der Waals surface area contributed by atoms with Crippen molar-refractivity contribution in [1.29, 1.82) is 0 Å². The van der Waals surface area contributed by atoms with Crippen molar-refractivity contribution in [3.8, 4) is 17.0 Å². The molecule has 0 bridgehead atoms. The van der Waals surface area contributed by atoms with Crippen LogP contribution in [0.2, 0.25) is 0 Å². The molecule has 0 saturated carbocycles. The highest BCUT2D eigenvalue weighted by Crippen LogP contribution is 2.38. The summed E-state index contributed by atoms with van der Waals surface area (Å²) in [6.07, 6.45) is 0. The van der Waals surface area contributed by atoms with Gasteiger partial charge in [0.15, 0.2) is 0 Å². The van der Waals surface area contributed by atoms with Crippen LogP contribution in [-0.4, -0.2) is 26.6 Å².